The molecular weight excluding hydrogens is 763 g/mol. The summed E-state index contributed by atoms with van der Waals surface area (Å²) in [5, 5.41) is 7.95. The smallest absolute Gasteiger partial charge is 0.317 e. The molecule has 7 rings (SSSR count). The third kappa shape index (κ3) is 8.24. The number of hydrogen-bond acceptors (Lipinski definition) is 11. The van der Waals surface area contributed by atoms with Crippen LogP contribution in [0.25, 0.3) is 11.1 Å². The molecule has 2 aromatic carbocycles. The molecule has 17 heteroatoms. The minimum Gasteiger partial charge on any atom is -0.496 e. The molecule has 0 aliphatic carbocycles. The lowest BCUT2D eigenvalue weighted by Crippen LogP contribution is -2.58. The molecule has 59 heavy (non-hydrogen) atoms. The molecule has 4 aliphatic rings. The van der Waals surface area contributed by atoms with E-state index in [0.717, 1.165) is 27.2 Å². The van der Waals surface area contributed by atoms with Gasteiger partial charge in [0.25, 0.3) is 17.4 Å². The van der Waals surface area contributed by atoms with Crippen LogP contribution in [0.4, 0.5) is 4.79 Å². The summed E-state index contributed by atoms with van der Waals surface area (Å²) in [5.41, 5.74) is 4.25. The Bertz CT molecular complexity index is 2240. The van der Waals surface area contributed by atoms with Gasteiger partial charge in [-0.05, 0) is 67.5 Å². The van der Waals surface area contributed by atoms with Crippen molar-refractivity contribution in [2.45, 2.75) is 70.1 Å². The van der Waals surface area contributed by atoms with Crippen LogP contribution in [0.5, 0.6) is 17.2 Å². The van der Waals surface area contributed by atoms with Crippen molar-refractivity contribution in [3.05, 3.63) is 74.7 Å². The third-order valence-electron chi connectivity index (χ3n) is 11.4. The van der Waals surface area contributed by atoms with Gasteiger partial charge in [-0.1, -0.05) is 6.07 Å². The van der Waals surface area contributed by atoms with Crippen molar-refractivity contribution in [2.24, 2.45) is 7.05 Å². The monoisotopic (exact) mass is 811 g/mol. The number of carbonyl (C=O) groups is 6. The van der Waals surface area contributed by atoms with Crippen molar-refractivity contribution in [2.75, 3.05) is 47.5 Å². The number of ether oxygens (including phenoxy) is 3. The van der Waals surface area contributed by atoms with Gasteiger partial charge in [0, 0.05) is 70.4 Å². The van der Waals surface area contributed by atoms with Crippen molar-refractivity contribution in [1.29, 1.82) is 0 Å². The van der Waals surface area contributed by atoms with Gasteiger partial charge in [0.05, 0.1) is 50.1 Å². The van der Waals surface area contributed by atoms with Crippen LogP contribution in [0.2, 0.25) is 0 Å². The van der Waals surface area contributed by atoms with E-state index in [2.05, 4.69) is 20.9 Å². The molecule has 4 aliphatic heterocycles. The second-order valence-corrected chi connectivity index (χ2v) is 15.2. The molecule has 2 saturated heterocycles. The molecule has 3 N–H and O–H groups in total. The predicted molar refractivity (Wildman–Crippen MR) is 213 cm³/mol. The van der Waals surface area contributed by atoms with Crippen LogP contribution in [0.1, 0.15) is 75.9 Å². The Morgan fingerprint density at radius 1 is 0.898 bits per heavy atom. The second-order valence-electron chi connectivity index (χ2n) is 15.2. The van der Waals surface area contributed by atoms with Crippen LogP contribution in [-0.4, -0.2) is 114 Å². The molecular formula is C42H49N7O10. The molecule has 2 fully saturated rings. The normalized spacial score (nSPS) is 17.9. The summed E-state index contributed by atoms with van der Waals surface area (Å²) < 4.78 is 19.2. The number of carbonyl (C=O) groups excluding carboxylic acids is 6. The second kappa shape index (κ2) is 17.3. The summed E-state index contributed by atoms with van der Waals surface area (Å²) in [6, 6.07) is 7.40. The summed E-state index contributed by atoms with van der Waals surface area (Å²) in [5.74, 6) is -0.794. The first kappa shape index (κ1) is 40.9. The van der Waals surface area contributed by atoms with E-state index in [0.29, 0.717) is 75.3 Å². The fraction of sp³-hybridized carbons (Fsp3) is 0.452. The number of likely N-dealkylation sites (tertiary alicyclic amines) is 1. The highest BCUT2D eigenvalue weighted by Gasteiger charge is 2.46. The first-order chi connectivity index (χ1) is 28.4. The lowest BCUT2D eigenvalue weighted by Gasteiger charge is -2.40. The number of piperidine rings is 1. The van der Waals surface area contributed by atoms with E-state index in [-0.39, 0.29) is 66.4 Å². The van der Waals surface area contributed by atoms with Gasteiger partial charge in [0.15, 0.2) is 0 Å². The number of imide groups is 2. The van der Waals surface area contributed by atoms with Gasteiger partial charge in [-0.3, -0.25) is 43.9 Å². The molecule has 3 aromatic rings. The quantitative estimate of drug-likeness (QED) is 0.159. The minimum absolute atomic E-state index is 0.00809. The maximum atomic E-state index is 13.3. The van der Waals surface area contributed by atoms with Gasteiger partial charge in [0.1, 0.15) is 23.3 Å². The molecule has 1 aromatic heterocycles. The number of rotatable bonds is 14. The zero-order valence-corrected chi connectivity index (χ0v) is 33.7. The largest absolute Gasteiger partial charge is 0.496 e. The number of hydrogen-bond donors (Lipinski definition) is 3. The lowest BCUT2D eigenvalue weighted by molar-refractivity contribution is -0.136. The Morgan fingerprint density at radius 3 is 2.34 bits per heavy atom. The molecule has 312 valence electrons. The Labute approximate surface area is 340 Å². The summed E-state index contributed by atoms with van der Waals surface area (Å²) in [4.78, 5) is 93.3. The summed E-state index contributed by atoms with van der Waals surface area (Å²) in [7, 11) is 6.51. The number of aromatic nitrogens is 1. The van der Waals surface area contributed by atoms with E-state index in [4.69, 9.17) is 14.2 Å². The molecule has 7 amide bonds. The lowest BCUT2D eigenvalue weighted by atomic mass is 9.91. The first-order valence-corrected chi connectivity index (χ1v) is 19.8. The number of urea groups is 1. The molecule has 1 atom stereocenters. The highest BCUT2D eigenvalue weighted by atomic mass is 16.5. The van der Waals surface area contributed by atoms with Crippen molar-refractivity contribution in [1.82, 2.24) is 35.2 Å². The van der Waals surface area contributed by atoms with Crippen LogP contribution in [0, 0.1) is 0 Å². The van der Waals surface area contributed by atoms with Gasteiger partial charge in [-0.25, -0.2) is 4.79 Å². The molecule has 0 radical (unpaired) electrons. The number of unbranched alkanes of at least 4 members (excludes halogenated alkanes) is 2. The van der Waals surface area contributed by atoms with Crippen LogP contribution < -0.4 is 35.7 Å². The Kier molecular flexibility index (Phi) is 12.0. The average Bonchev–Trinajstić information content (AvgIpc) is 3.47. The molecule has 0 bridgehead atoms. The number of fused-ring (bicyclic) bond motifs is 2. The number of methoxy groups -OCH3 is 2. The first-order valence-electron chi connectivity index (χ1n) is 19.8. The van der Waals surface area contributed by atoms with Gasteiger partial charge >= 0.3 is 6.03 Å². The van der Waals surface area contributed by atoms with Crippen molar-refractivity contribution >= 4 is 35.6 Å². The van der Waals surface area contributed by atoms with Crippen LogP contribution >= 0.6 is 0 Å². The van der Waals surface area contributed by atoms with Gasteiger partial charge in [-0.15, -0.1) is 0 Å². The molecule has 1 unspecified atom stereocenters. The highest BCUT2D eigenvalue weighted by Crippen LogP contribution is 2.39. The summed E-state index contributed by atoms with van der Waals surface area (Å²) >= 11 is 0. The fourth-order valence-electron chi connectivity index (χ4n) is 8.34. The maximum Gasteiger partial charge on any atom is 0.317 e. The standard InChI is InChI=1S/C42H49N7O10/c1-43-42(56)48-15-14-26-28(21-46(2)39(53)29(26)23-48)24-17-33(57-3)30(34(18-24)58-4)22-47-19-25(20-47)44-35(50)11-6-5-7-16-59-32-10-8-9-27-37(32)41(55)49(40(27)54)31-12-13-36(51)45-38(31)52/h8-10,17-18,21,25,31H,5-7,11-16,19-20,22-23H2,1-4H3,(H,43,56)(H,44,50)(H,45,51,52). The van der Waals surface area contributed by atoms with Crippen molar-refractivity contribution < 1.29 is 43.0 Å². The Hall–Kier alpha value is -6.23. The topological polar surface area (TPSA) is 198 Å². The van der Waals surface area contributed by atoms with E-state index >= 15 is 0 Å². The predicted octanol–water partition coefficient (Wildman–Crippen LogP) is 2.11. The minimum atomic E-state index is -1.05. The molecule has 5 heterocycles. The van der Waals surface area contributed by atoms with Crippen molar-refractivity contribution in [3.8, 4) is 28.4 Å². The Morgan fingerprint density at radius 2 is 1.64 bits per heavy atom. The van der Waals surface area contributed by atoms with Gasteiger partial charge in [0.2, 0.25) is 17.7 Å². The van der Waals surface area contributed by atoms with E-state index in [1.165, 1.54) is 6.07 Å². The van der Waals surface area contributed by atoms with Gasteiger partial charge in [-0.2, -0.15) is 0 Å². The molecule has 0 saturated carbocycles. The fourth-order valence-corrected chi connectivity index (χ4v) is 8.34. The summed E-state index contributed by atoms with van der Waals surface area (Å²) in [6.07, 6.45) is 4.81. The van der Waals surface area contributed by atoms with Gasteiger partial charge < -0.3 is 34.3 Å². The van der Waals surface area contributed by atoms with E-state index < -0.39 is 29.7 Å². The summed E-state index contributed by atoms with van der Waals surface area (Å²) in [6.45, 7) is 2.86. The number of amides is 7. The van der Waals surface area contributed by atoms with E-state index in [1.807, 2.05) is 18.3 Å². The third-order valence-corrected chi connectivity index (χ3v) is 11.4. The number of pyridine rings is 1. The number of nitrogens with one attached hydrogen (secondary N) is 3. The van der Waals surface area contributed by atoms with Crippen LogP contribution in [0.3, 0.4) is 0 Å². The zero-order chi connectivity index (χ0) is 42.0. The maximum absolute atomic E-state index is 13.3. The number of nitrogens with zero attached hydrogens (tertiary/aromatic N) is 4. The molecule has 17 nitrogen and oxygen atoms in total. The average molecular weight is 812 g/mol. The molecule has 0 spiro atoms. The highest BCUT2D eigenvalue weighted by molar-refractivity contribution is 6.24. The van der Waals surface area contributed by atoms with E-state index in [1.54, 1.807) is 49.9 Å². The SMILES string of the molecule is CNC(=O)N1CCc2c(-c3cc(OC)c(CN4CC(NC(=O)CCCCCOc5cccc6c5C(=O)N(C5CCC(=O)NC5=O)C6=O)C4)c(OC)c3)cn(C)c(=O)c2C1. The Balaban J connectivity index is 0.872. The number of benzene rings is 2. The van der Waals surface area contributed by atoms with Crippen molar-refractivity contribution in [3.63, 3.8) is 0 Å². The van der Waals surface area contributed by atoms with Crippen LogP contribution in [0.15, 0.2) is 41.3 Å². The zero-order valence-electron chi connectivity index (χ0n) is 33.7. The van der Waals surface area contributed by atoms with Crippen LogP contribution in [-0.2, 0) is 40.9 Å². The number of aryl methyl sites for hydroxylation is 1. The van der Waals surface area contributed by atoms with E-state index in [9.17, 15) is 33.6 Å².